The minimum Gasteiger partial charge on any atom is -0.336 e. The van der Waals surface area contributed by atoms with E-state index in [0.717, 1.165) is 17.1 Å². The molecular formula is C22H19F6N7O4S. The number of alkyl halides is 6. The molecule has 0 unspecified atom stereocenters. The highest BCUT2D eigenvalue weighted by molar-refractivity contribution is 7.92. The van der Waals surface area contributed by atoms with Gasteiger partial charge >= 0.3 is 12.4 Å². The Hall–Kier alpha value is -3.75. The molecule has 0 spiro atoms. The maximum absolute atomic E-state index is 14.0. The van der Waals surface area contributed by atoms with Gasteiger partial charge in [-0.15, -0.1) is 5.10 Å². The Morgan fingerprint density at radius 2 is 1.77 bits per heavy atom. The van der Waals surface area contributed by atoms with Gasteiger partial charge in [0, 0.05) is 6.54 Å². The van der Waals surface area contributed by atoms with E-state index in [0.29, 0.717) is 17.0 Å². The van der Waals surface area contributed by atoms with Crippen LogP contribution in [0.4, 0.5) is 26.3 Å². The third-order valence-electron chi connectivity index (χ3n) is 7.48. The molecule has 1 aliphatic heterocycles. The molecule has 2 aliphatic carbocycles. The van der Waals surface area contributed by atoms with Crippen LogP contribution in [0.15, 0.2) is 29.4 Å². The fourth-order valence-corrected chi connectivity index (χ4v) is 6.70. The smallest absolute Gasteiger partial charge is 0.336 e. The van der Waals surface area contributed by atoms with Gasteiger partial charge in [0.1, 0.15) is 23.3 Å². The van der Waals surface area contributed by atoms with Crippen molar-refractivity contribution in [1.82, 2.24) is 30.4 Å². The van der Waals surface area contributed by atoms with Gasteiger partial charge in [0.15, 0.2) is 9.84 Å². The Kier molecular flexibility index (Phi) is 6.17. The highest BCUT2D eigenvalue weighted by Crippen LogP contribution is 2.59. The van der Waals surface area contributed by atoms with Gasteiger partial charge in [-0.3, -0.25) is 9.59 Å². The number of sulfone groups is 1. The van der Waals surface area contributed by atoms with Crippen LogP contribution in [0, 0.1) is 16.7 Å². The van der Waals surface area contributed by atoms with Gasteiger partial charge in [0.05, 0.1) is 27.5 Å². The number of nitrogens with zero attached hydrogens (tertiary/aromatic N) is 6. The van der Waals surface area contributed by atoms with Crippen LogP contribution in [0.25, 0.3) is 5.69 Å². The minimum absolute atomic E-state index is 0.219. The van der Waals surface area contributed by atoms with Crippen LogP contribution in [0.5, 0.6) is 0 Å². The van der Waals surface area contributed by atoms with Crippen molar-refractivity contribution >= 4 is 21.7 Å². The van der Waals surface area contributed by atoms with Crippen molar-refractivity contribution in [2.24, 2.45) is 5.41 Å². The predicted molar refractivity (Wildman–Crippen MR) is 119 cm³/mol. The number of halogens is 6. The summed E-state index contributed by atoms with van der Waals surface area (Å²) in [6.45, 7) is -0.942. The molecule has 1 saturated heterocycles. The van der Waals surface area contributed by atoms with E-state index in [1.165, 1.54) is 0 Å². The number of likely N-dealkylation sites (tertiary alicyclic amines) is 1. The van der Waals surface area contributed by atoms with E-state index >= 15 is 0 Å². The molecule has 2 saturated carbocycles. The number of aromatic nitrogens is 4. The van der Waals surface area contributed by atoms with Gasteiger partial charge in [0.25, 0.3) is 0 Å². The summed E-state index contributed by atoms with van der Waals surface area (Å²) >= 11 is 0. The van der Waals surface area contributed by atoms with E-state index < -0.39 is 92.5 Å². The second-order valence-corrected chi connectivity index (χ2v) is 12.3. The van der Waals surface area contributed by atoms with E-state index in [1.807, 2.05) is 6.07 Å². The number of nitrogens with one attached hydrogen (secondary N) is 1. The Labute approximate surface area is 222 Å². The van der Waals surface area contributed by atoms with Gasteiger partial charge in [-0.05, 0) is 60.7 Å². The lowest BCUT2D eigenvalue weighted by Gasteiger charge is -2.29. The zero-order valence-electron chi connectivity index (χ0n) is 20.2. The molecule has 2 atom stereocenters. The normalized spacial score (nSPS) is 23.4. The number of benzene rings is 1. The minimum atomic E-state index is -5.18. The average Bonchev–Trinajstić information content (AvgIpc) is 3.73. The van der Waals surface area contributed by atoms with Gasteiger partial charge in [0.2, 0.25) is 11.8 Å². The third kappa shape index (κ3) is 4.55. The molecule has 40 heavy (non-hydrogen) atoms. The van der Waals surface area contributed by atoms with Gasteiger partial charge < -0.3 is 10.2 Å². The van der Waals surface area contributed by atoms with Crippen LogP contribution < -0.4 is 5.32 Å². The van der Waals surface area contributed by atoms with Crippen LogP contribution in [0.3, 0.4) is 0 Å². The van der Waals surface area contributed by atoms with Crippen LogP contribution >= 0.6 is 0 Å². The largest absolute Gasteiger partial charge is 0.417 e. The van der Waals surface area contributed by atoms with E-state index in [-0.39, 0.29) is 18.5 Å². The number of hydrogen-bond acceptors (Lipinski definition) is 8. The van der Waals surface area contributed by atoms with Crippen LogP contribution in [-0.2, 0) is 25.6 Å². The van der Waals surface area contributed by atoms with Crippen LogP contribution in [0.1, 0.15) is 37.7 Å². The zero-order chi connectivity index (χ0) is 29.3. The van der Waals surface area contributed by atoms with Crippen molar-refractivity contribution in [3.63, 3.8) is 0 Å². The first kappa shape index (κ1) is 27.8. The summed E-state index contributed by atoms with van der Waals surface area (Å²) in [6.07, 6.45) is -10.6. The maximum Gasteiger partial charge on any atom is 0.417 e. The highest BCUT2D eigenvalue weighted by atomic mass is 32.2. The molecule has 3 fully saturated rings. The third-order valence-corrected chi connectivity index (χ3v) is 9.67. The Balaban J connectivity index is 1.52. The summed E-state index contributed by atoms with van der Waals surface area (Å²) in [6, 6.07) is 2.28. The summed E-state index contributed by atoms with van der Waals surface area (Å²) in [5.74, 6) is -2.57. The quantitative estimate of drug-likeness (QED) is 0.501. The Morgan fingerprint density at radius 1 is 1.10 bits per heavy atom. The molecule has 2 heterocycles. The molecule has 5 rings (SSSR count). The zero-order valence-corrected chi connectivity index (χ0v) is 21.0. The first-order chi connectivity index (χ1) is 18.5. The fraction of sp³-hybridized carbons (Fsp3) is 0.545. The number of amides is 2. The molecule has 1 aromatic heterocycles. The molecule has 1 aromatic carbocycles. The second kappa shape index (κ2) is 8.88. The summed E-state index contributed by atoms with van der Waals surface area (Å²) < 4.78 is 111. The van der Waals surface area contributed by atoms with Crippen molar-refractivity contribution in [2.75, 3.05) is 6.54 Å². The molecular weight excluding hydrogens is 572 g/mol. The van der Waals surface area contributed by atoms with E-state index in [2.05, 4.69) is 20.8 Å². The molecule has 18 heteroatoms. The lowest BCUT2D eigenvalue weighted by molar-refractivity contribution is -0.199. The molecule has 0 bridgehead atoms. The summed E-state index contributed by atoms with van der Waals surface area (Å²) in [5, 5.41) is 19.9. The van der Waals surface area contributed by atoms with Crippen LogP contribution in [0.2, 0.25) is 0 Å². The maximum atomic E-state index is 14.0. The molecule has 2 amide bonds. The van der Waals surface area contributed by atoms with E-state index in [9.17, 15) is 49.6 Å². The molecule has 3 aliphatic rings. The number of nitriles is 1. The Bertz CT molecular complexity index is 1510. The number of rotatable bonds is 6. The lowest BCUT2D eigenvalue weighted by atomic mass is 10.0. The van der Waals surface area contributed by atoms with Crippen LogP contribution in [-0.4, -0.2) is 74.9 Å². The van der Waals surface area contributed by atoms with Crippen molar-refractivity contribution in [1.29, 1.82) is 5.26 Å². The monoisotopic (exact) mass is 591 g/mol. The molecule has 0 radical (unpaired) electrons. The number of carbonyl (C=O) groups is 2. The summed E-state index contributed by atoms with van der Waals surface area (Å²) in [5.41, 5.74) is -5.90. The van der Waals surface area contributed by atoms with E-state index in [4.69, 9.17) is 0 Å². The second-order valence-electron chi connectivity index (χ2n) is 10.1. The van der Waals surface area contributed by atoms with Crippen molar-refractivity contribution in [3.05, 3.63) is 30.1 Å². The lowest BCUT2D eigenvalue weighted by Crippen LogP contribution is -2.53. The Morgan fingerprint density at radius 3 is 2.27 bits per heavy atom. The standard InChI is InChI=1S/C22H19F6N7O4S/c23-21(24,25)14-7-12(35-11-30-32-33-35)1-2-16(14)40(38,39)13-8-15(17(36)31-19(10-29)3-4-19)34(9-13)18(37)20(5-6-20)22(26,27)28/h1-2,7,11,13,15H,3-6,8-9H2,(H,31,36)/t13-,15+/m1/s1. The van der Waals surface area contributed by atoms with Gasteiger partial charge in [-0.25, -0.2) is 13.1 Å². The summed E-state index contributed by atoms with van der Waals surface area (Å²) in [7, 11) is -4.97. The first-order valence-corrected chi connectivity index (χ1v) is 13.4. The summed E-state index contributed by atoms with van der Waals surface area (Å²) in [4.78, 5) is 25.5. The van der Waals surface area contributed by atoms with Crippen molar-refractivity contribution in [3.8, 4) is 11.8 Å². The first-order valence-electron chi connectivity index (χ1n) is 11.8. The number of tetrazole rings is 1. The van der Waals surface area contributed by atoms with Crippen molar-refractivity contribution in [2.45, 2.75) is 66.2 Å². The highest BCUT2D eigenvalue weighted by Gasteiger charge is 2.70. The van der Waals surface area contributed by atoms with Crippen molar-refractivity contribution < 1.29 is 44.3 Å². The predicted octanol–water partition coefficient (Wildman–Crippen LogP) is 1.94. The van der Waals surface area contributed by atoms with Gasteiger partial charge in [-0.2, -0.15) is 31.6 Å². The molecule has 11 nitrogen and oxygen atoms in total. The molecule has 1 N–H and O–H groups in total. The topological polar surface area (TPSA) is 151 Å². The van der Waals surface area contributed by atoms with Gasteiger partial charge in [-0.1, -0.05) is 0 Å². The number of carbonyl (C=O) groups excluding carboxylic acids is 2. The molecule has 214 valence electrons. The number of hydrogen-bond donors (Lipinski definition) is 1. The average molecular weight is 591 g/mol. The fourth-order valence-electron chi connectivity index (χ4n) is 4.81. The molecule has 2 aromatic rings. The SMILES string of the molecule is N#CC1(NC(=O)[C@@H]2C[C@@H](S(=O)(=O)c3ccc(-n4cnnn4)cc3C(F)(F)F)CN2C(=O)C2(C(F)(F)F)CC2)CC1. The van der Waals surface area contributed by atoms with E-state index in [1.54, 1.807) is 0 Å².